The van der Waals surface area contributed by atoms with Crippen LogP contribution in [0, 0.1) is 0 Å². The third-order valence-corrected chi connectivity index (χ3v) is 2.07. The van der Waals surface area contributed by atoms with Crippen LogP contribution in [0.5, 0.6) is 0 Å². The molecule has 0 bridgehead atoms. The lowest BCUT2D eigenvalue weighted by molar-refractivity contribution is 0.197. The number of aromatic nitrogens is 2. The van der Waals surface area contributed by atoms with Crippen LogP contribution < -0.4 is 5.32 Å². The minimum absolute atomic E-state index is 0.0395. The molecule has 1 heterocycles. The Morgan fingerprint density at radius 3 is 3.14 bits per heavy atom. The SMILES string of the molecule is COCC(Cl)CNCCn1cccn1. The Bertz CT molecular complexity index is 228. The Kier molecular flexibility index (Phi) is 5.59. The molecule has 0 aromatic carbocycles. The molecule has 0 saturated heterocycles. The van der Waals surface area contributed by atoms with Crippen molar-refractivity contribution >= 4 is 11.6 Å². The molecule has 1 N–H and O–H groups in total. The molecule has 5 heteroatoms. The first-order chi connectivity index (χ1) is 6.83. The second-order valence-corrected chi connectivity index (χ2v) is 3.64. The zero-order chi connectivity index (χ0) is 10.2. The zero-order valence-corrected chi connectivity index (χ0v) is 9.07. The molecular weight excluding hydrogens is 202 g/mol. The number of ether oxygens (including phenoxy) is 1. The number of rotatable bonds is 7. The van der Waals surface area contributed by atoms with Gasteiger partial charge in [0.1, 0.15) is 0 Å². The van der Waals surface area contributed by atoms with Gasteiger partial charge >= 0.3 is 0 Å². The molecule has 1 aromatic heterocycles. The normalized spacial score (nSPS) is 13.0. The van der Waals surface area contributed by atoms with Crippen LogP contribution in [0.1, 0.15) is 0 Å². The molecule has 1 rings (SSSR count). The Morgan fingerprint density at radius 2 is 2.50 bits per heavy atom. The molecule has 1 atom stereocenters. The predicted molar refractivity (Wildman–Crippen MR) is 56.6 cm³/mol. The number of nitrogens with one attached hydrogen (secondary N) is 1. The summed E-state index contributed by atoms with van der Waals surface area (Å²) in [4.78, 5) is 0. The van der Waals surface area contributed by atoms with E-state index in [1.165, 1.54) is 0 Å². The summed E-state index contributed by atoms with van der Waals surface area (Å²) >= 11 is 5.93. The highest BCUT2D eigenvalue weighted by atomic mass is 35.5. The summed E-state index contributed by atoms with van der Waals surface area (Å²) in [6.45, 7) is 3.07. The summed E-state index contributed by atoms with van der Waals surface area (Å²) < 4.78 is 6.80. The molecule has 4 nitrogen and oxygen atoms in total. The minimum atomic E-state index is 0.0395. The van der Waals surface area contributed by atoms with Gasteiger partial charge in [0.05, 0.1) is 18.5 Å². The third-order valence-electron chi connectivity index (χ3n) is 1.79. The first-order valence-corrected chi connectivity index (χ1v) is 5.07. The average molecular weight is 218 g/mol. The smallest absolute Gasteiger partial charge is 0.0693 e. The molecule has 0 fully saturated rings. The van der Waals surface area contributed by atoms with E-state index < -0.39 is 0 Å². The van der Waals surface area contributed by atoms with E-state index in [2.05, 4.69) is 10.4 Å². The average Bonchev–Trinajstić information content (AvgIpc) is 2.65. The van der Waals surface area contributed by atoms with Crippen molar-refractivity contribution in [2.45, 2.75) is 11.9 Å². The number of nitrogens with zero attached hydrogens (tertiary/aromatic N) is 2. The van der Waals surface area contributed by atoms with E-state index >= 15 is 0 Å². The highest BCUT2D eigenvalue weighted by molar-refractivity contribution is 6.20. The number of hydrogen-bond acceptors (Lipinski definition) is 3. The van der Waals surface area contributed by atoms with Crippen LogP contribution in [0.2, 0.25) is 0 Å². The van der Waals surface area contributed by atoms with Gasteiger partial charge in [-0.05, 0) is 6.07 Å². The standard InChI is InChI=1S/C9H16ClN3O/c1-14-8-9(10)7-11-4-6-13-5-2-3-12-13/h2-3,5,9,11H,4,6-8H2,1H3. The predicted octanol–water partition coefficient (Wildman–Crippen LogP) is 0.726. The highest BCUT2D eigenvalue weighted by Gasteiger charge is 2.01. The molecule has 0 radical (unpaired) electrons. The molecule has 0 aliphatic rings. The fourth-order valence-electron chi connectivity index (χ4n) is 1.12. The maximum absolute atomic E-state index is 5.93. The molecule has 1 unspecified atom stereocenters. The van der Waals surface area contributed by atoms with Crippen molar-refractivity contribution in [3.63, 3.8) is 0 Å². The summed E-state index contributed by atoms with van der Waals surface area (Å²) in [5.41, 5.74) is 0. The van der Waals surface area contributed by atoms with Crippen molar-refractivity contribution in [3.8, 4) is 0 Å². The molecule has 0 aliphatic heterocycles. The molecular formula is C9H16ClN3O. The van der Waals surface area contributed by atoms with Gasteiger partial charge < -0.3 is 10.1 Å². The summed E-state index contributed by atoms with van der Waals surface area (Å²) in [5.74, 6) is 0. The largest absolute Gasteiger partial charge is 0.383 e. The van der Waals surface area contributed by atoms with Crippen LogP contribution in [-0.4, -0.2) is 42.0 Å². The lowest BCUT2D eigenvalue weighted by Crippen LogP contribution is -2.29. The molecule has 0 aliphatic carbocycles. The Hall–Kier alpha value is -0.580. The van der Waals surface area contributed by atoms with Crippen molar-refractivity contribution < 1.29 is 4.74 Å². The first kappa shape index (κ1) is 11.5. The quantitative estimate of drug-likeness (QED) is 0.541. The molecule has 0 spiro atoms. The number of halogens is 1. The fraction of sp³-hybridized carbons (Fsp3) is 0.667. The van der Waals surface area contributed by atoms with E-state index in [0.717, 1.165) is 19.6 Å². The molecule has 80 valence electrons. The van der Waals surface area contributed by atoms with Crippen molar-refractivity contribution in [1.29, 1.82) is 0 Å². The maximum atomic E-state index is 5.93. The van der Waals surface area contributed by atoms with Gasteiger partial charge in [0.2, 0.25) is 0 Å². The topological polar surface area (TPSA) is 39.1 Å². The van der Waals surface area contributed by atoms with E-state index in [0.29, 0.717) is 6.61 Å². The van der Waals surface area contributed by atoms with E-state index in [1.54, 1.807) is 13.3 Å². The van der Waals surface area contributed by atoms with E-state index in [4.69, 9.17) is 16.3 Å². The molecule has 1 aromatic rings. The zero-order valence-electron chi connectivity index (χ0n) is 8.32. The lowest BCUT2D eigenvalue weighted by Gasteiger charge is -2.09. The van der Waals surface area contributed by atoms with Crippen LogP contribution in [0.3, 0.4) is 0 Å². The van der Waals surface area contributed by atoms with E-state index in [-0.39, 0.29) is 5.38 Å². The first-order valence-electron chi connectivity index (χ1n) is 4.64. The van der Waals surface area contributed by atoms with E-state index in [9.17, 15) is 0 Å². The van der Waals surface area contributed by atoms with Crippen LogP contribution in [0.15, 0.2) is 18.5 Å². The second kappa shape index (κ2) is 6.81. The van der Waals surface area contributed by atoms with Crippen LogP contribution in [0.25, 0.3) is 0 Å². The van der Waals surface area contributed by atoms with Crippen molar-refractivity contribution in [2.24, 2.45) is 0 Å². The maximum Gasteiger partial charge on any atom is 0.0693 e. The highest BCUT2D eigenvalue weighted by Crippen LogP contribution is 1.93. The number of alkyl halides is 1. The number of hydrogen-bond donors (Lipinski definition) is 1. The Balaban J connectivity index is 1.99. The molecule has 14 heavy (non-hydrogen) atoms. The molecule has 0 amide bonds. The van der Waals surface area contributed by atoms with Gasteiger partial charge in [-0.3, -0.25) is 4.68 Å². The van der Waals surface area contributed by atoms with Gasteiger partial charge in [0, 0.05) is 32.6 Å². The minimum Gasteiger partial charge on any atom is -0.383 e. The van der Waals surface area contributed by atoms with Gasteiger partial charge in [0.15, 0.2) is 0 Å². The monoisotopic (exact) mass is 217 g/mol. The van der Waals surface area contributed by atoms with Crippen molar-refractivity contribution in [1.82, 2.24) is 15.1 Å². The van der Waals surface area contributed by atoms with Crippen molar-refractivity contribution in [3.05, 3.63) is 18.5 Å². The molecule has 0 saturated carbocycles. The van der Waals surface area contributed by atoms with Crippen LogP contribution in [0.4, 0.5) is 0 Å². The summed E-state index contributed by atoms with van der Waals surface area (Å²) in [6, 6.07) is 1.91. The van der Waals surface area contributed by atoms with Gasteiger partial charge in [-0.15, -0.1) is 11.6 Å². The van der Waals surface area contributed by atoms with Gasteiger partial charge in [-0.2, -0.15) is 5.10 Å². The summed E-state index contributed by atoms with van der Waals surface area (Å²) in [5, 5.41) is 7.36. The van der Waals surface area contributed by atoms with Gasteiger partial charge in [-0.1, -0.05) is 0 Å². The van der Waals surface area contributed by atoms with Gasteiger partial charge in [0.25, 0.3) is 0 Å². The number of methoxy groups -OCH3 is 1. The van der Waals surface area contributed by atoms with Crippen molar-refractivity contribution in [2.75, 3.05) is 26.8 Å². The summed E-state index contributed by atoms with van der Waals surface area (Å²) in [6.07, 6.45) is 3.71. The van der Waals surface area contributed by atoms with Crippen LogP contribution in [-0.2, 0) is 11.3 Å². The lowest BCUT2D eigenvalue weighted by atomic mass is 10.4. The van der Waals surface area contributed by atoms with Gasteiger partial charge in [-0.25, -0.2) is 0 Å². The third kappa shape index (κ3) is 4.60. The van der Waals surface area contributed by atoms with E-state index in [1.807, 2.05) is 16.9 Å². The summed E-state index contributed by atoms with van der Waals surface area (Å²) in [7, 11) is 1.65. The fourth-order valence-corrected chi connectivity index (χ4v) is 1.36. The van der Waals surface area contributed by atoms with Crippen LogP contribution >= 0.6 is 11.6 Å². The Labute approximate surface area is 89.2 Å². The Morgan fingerprint density at radius 1 is 1.64 bits per heavy atom. The second-order valence-electron chi connectivity index (χ2n) is 3.03.